The average molecular weight is 394 g/mol. The second kappa shape index (κ2) is 7.35. The van der Waals surface area contributed by atoms with Gasteiger partial charge in [0.15, 0.2) is 5.11 Å². The highest BCUT2D eigenvalue weighted by Gasteiger charge is 2.16. The lowest BCUT2D eigenvalue weighted by molar-refractivity contribution is 0.0948. The van der Waals surface area contributed by atoms with Crippen molar-refractivity contribution < 1.29 is 9.18 Å². The first kappa shape index (κ1) is 17.6. The number of amides is 1. The van der Waals surface area contributed by atoms with E-state index in [0.29, 0.717) is 21.2 Å². The van der Waals surface area contributed by atoms with E-state index in [1.807, 2.05) is 24.3 Å². The van der Waals surface area contributed by atoms with Crippen molar-refractivity contribution in [3.8, 4) is 0 Å². The van der Waals surface area contributed by atoms with Crippen LogP contribution in [0, 0.1) is 12.7 Å². The van der Waals surface area contributed by atoms with Crippen LogP contribution in [0.5, 0.6) is 0 Å². The summed E-state index contributed by atoms with van der Waals surface area (Å²) in [6.45, 7) is 1.67. The number of thiocarbonyl (C=S) groups is 1. The molecule has 1 aromatic heterocycles. The van der Waals surface area contributed by atoms with Crippen LogP contribution in [0.1, 0.15) is 15.2 Å². The molecule has 0 unspecified atom stereocenters. The zero-order valence-electron chi connectivity index (χ0n) is 13.0. The summed E-state index contributed by atoms with van der Waals surface area (Å²) in [6, 6.07) is 12.2. The summed E-state index contributed by atoms with van der Waals surface area (Å²) in [5, 5.41) is 4.16. The van der Waals surface area contributed by atoms with Gasteiger partial charge in [0.1, 0.15) is 10.7 Å². The van der Waals surface area contributed by atoms with Gasteiger partial charge < -0.3 is 5.32 Å². The number of nitrogens with one attached hydrogen (secondary N) is 3. The molecule has 3 rings (SSSR count). The number of hydrazine groups is 1. The van der Waals surface area contributed by atoms with Crippen LogP contribution in [0.25, 0.3) is 10.1 Å². The molecular formula is C17H13ClFN3OS2. The highest BCUT2D eigenvalue weighted by Crippen LogP contribution is 2.34. The minimum absolute atomic E-state index is 0.133. The molecule has 0 atom stereocenters. The van der Waals surface area contributed by atoms with Gasteiger partial charge in [-0.15, -0.1) is 11.3 Å². The van der Waals surface area contributed by atoms with Gasteiger partial charge in [0.25, 0.3) is 5.91 Å². The third-order valence-electron chi connectivity index (χ3n) is 3.46. The summed E-state index contributed by atoms with van der Waals surface area (Å²) >= 11 is 12.6. The van der Waals surface area contributed by atoms with Crippen molar-refractivity contribution in [1.82, 2.24) is 10.9 Å². The SMILES string of the molecule is Cc1ccc(NC(=S)NNC(=O)c2sc3ccccc3c2Cl)cc1F. The van der Waals surface area contributed by atoms with E-state index < -0.39 is 5.91 Å². The van der Waals surface area contributed by atoms with Gasteiger partial charge in [0.2, 0.25) is 0 Å². The molecule has 25 heavy (non-hydrogen) atoms. The zero-order valence-corrected chi connectivity index (χ0v) is 15.4. The first-order chi connectivity index (χ1) is 12.0. The van der Waals surface area contributed by atoms with E-state index >= 15 is 0 Å². The maximum Gasteiger partial charge on any atom is 0.281 e. The first-order valence-electron chi connectivity index (χ1n) is 7.26. The largest absolute Gasteiger partial charge is 0.331 e. The van der Waals surface area contributed by atoms with Crippen molar-refractivity contribution in [1.29, 1.82) is 0 Å². The molecule has 1 heterocycles. The average Bonchev–Trinajstić information content (AvgIpc) is 2.93. The predicted molar refractivity (Wildman–Crippen MR) is 105 cm³/mol. The number of hydrogen-bond acceptors (Lipinski definition) is 3. The van der Waals surface area contributed by atoms with E-state index in [4.69, 9.17) is 23.8 Å². The van der Waals surface area contributed by atoms with Crippen LogP contribution >= 0.6 is 35.2 Å². The summed E-state index contributed by atoms with van der Waals surface area (Å²) in [6.07, 6.45) is 0. The molecule has 0 saturated heterocycles. The number of anilines is 1. The molecule has 0 aliphatic carbocycles. The Morgan fingerprint density at radius 3 is 2.68 bits per heavy atom. The van der Waals surface area contributed by atoms with Crippen molar-refractivity contribution in [2.24, 2.45) is 0 Å². The molecule has 0 saturated carbocycles. The lowest BCUT2D eigenvalue weighted by atomic mass is 10.2. The van der Waals surface area contributed by atoms with E-state index in [2.05, 4.69) is 16.2 Å². The normalized spacial score (nSPS) is 10.5. The molecular weight excluding hydrogens is 381 g/mol. The van der Waals surface area contributed by atoms with Gasteiger partial charge in [0, 0.05) is 15.8 Å². The predicted octanol–water partition coefficient (Wildman–Crippen LogP) is 4.63. The minimum atomic E-state index is -0.398. The molecule has 0 bridgehead atoms. The van der Waals surface area contributed by atoms with Gasteiger partial charge in [-0.05, 0) is 42.9 Å². The molecule has 4 nitrogen and oxygen atoms in total. The molecule has 0 radical (unpaired) electrons. The third kappa shape index (κ3) is 3.89. The maximum absolute atomic E-state index is 13.5. The number of benzene rings is 2. The molecule has 0 spiro atoms. The van der Waals surface area contributed by atoms with Crippen molar-refractivity contribution >= 4 is 61.9 Å². The van der Waals surface area contributed by atoms with Crippen molar-refractivity contribution in [3.05, 3.63) is 63.7 Å². The zero-order chi connectivity index (χ0) is 18.0. The second-order valence-electron chi connectivity index (χ2n) is 5.24. The summed E-state index contributed by atoms with van der Waals surface area (Å²) in [7, 11) is 0. The maximum atomic E-state index is 13.5. The van der Waals surface area contributed by atoms with Crippen molar-refractivity contribution in [3.63, 3.8) is 0 Å². The summed E-state index contributed by atoms with van der Waals surface area (Å²) in [4.78, 5) is 12.7. The summed E-state index contributed by atoms with van der Waals surface area (Å²) in [5.41, 5.74) is 6.09. The lowest BCUT2D eigenvalue weighted by Gasteiger charge is -2.11. The van der Waals surface area contributed by atoms with E-state index in [1.54, 1.807) is 19.1 Å². The number of halogens is 2. The molecule has 3 N–H and O–H groups in total. The van der Waals surface area contributed by atoms with E-state index in [9.17, 15) is 9.18 Å². The van der Waals surface area contributed by atoms with Crippen LogP contribution in [-0.4, -0.2) is 11.0 Å². The van der Waals surface area contributed by atoms with Crippen LogP contribution in [0.2, 0.25) is 5.02 Å². The quantitative estimate of drug-likeness (QED) is 0.438. The van der Waals surface area contributed by atoms with Gasteiger partial charge in [-0.1, -0.05) is 35.9 Å². The number of rotatable bonds is 2. The number of thiophene rings is 1. The Bertz CT molecular complexity index is 974. The van der Waals surface area contributed by atoms with Gasteiger partial charge in [-0.2, -0.15) is 0 Å². The van der Waals surface area contributed by atoms with E-state index in [-0.39, 0.29) is 10.9 Å². The molecule has 8 heteroatoms. The molecule has 3 aromatic rings. The summed E-state index contributed by atoms with van der Waals surface area (Å²) in [5.74, 6) is -0.737. The van der Waals surface area contributed by atoms with Crippen LogP contribution < -0.4 is 16.2 Å². The topological polar surface area (TPSA) is 53.2 Å². The Hall–Kier alpha value is -2.22. The van der Waals surface area contributed by atoms with Crippen LogP contribution in [-0.2, 0) is 0 Å². The van der Waals surface area contributed by atoms with Gasteiger partial charge >= 0.3 is 0 Å². The number of fused-ring (bicyclic) bond motifs is 1. The minimum Gasteiger partial charge on any atom is -0.331 e. The fourth-order valence-electron chi connectivity index (χ4n) is 2.16. The van der Waals surface area contributed by atoms with Crippen LogP contribution in [0.15, 0.2) is 42.5 Å². The molecule has 0 aliphatic heterocycles. The molecule has 2 aromatic carbocycles. The highest BCUT2D eigenvalue weighted by molar-refractivity contribution is 7.80. The number of hydrogen-bond donors (Lipinski definition) is 3. The number of aryl methyl sites for hydroxylation is 1. The van der Waals surface area contributed by atoms with Crippen LogP contribution in [0.3, 0.4) is 0 Å². The standard InChI is InChI=1S/C17H13ClFN3OS2/c1-9-6-7-10(8-12(9)19)20-17(24)22-21-16(23)15-14(18)11-4-2-3-5-13(11)25-15/h2-8H,1H3,(H,21,23)(H2,20,22,24). The van der Waals surface area contributed by atoms with Crippen molar-refractivity contribution in [2.45, 2.75) is 6.92 Å². The Kier molecular flexibility index (Phi) is 5.17. The third-order valence-corrected chi connectivity index (χ3v) is 5.34. The van der Waals surface area contributed by atoms with Crippen LogP contribution in [0.4, 0.5) is 10.1 Å². The number of carbonyl (C=O) groups is 1. The summed E-state index contributed by atoms with van der Waals surface area (Å²) < 4.78 is 14.4. The molecule has 1 amide bonds. The monoisotopic (exact) mass is 393 g/mol. The van der Waals surface area contributed by atoms with Gasteiger partial charge in [-0.25, -0.2) is 4.39 Å². The Balaban J connectivity index is 1.64. The lowest BCUT2D eigenvalue weighted by Crippen LogP contribution is -2.43. The fraction of sp³-hybridized carbons (Fsp3) is 0.0588. The van der Waals surface area contributed by atoms with E-state index in [0.717, 1.165) is 10.1 Å². The Labute approximate surface area is 158 Å². The van der Waals surface area contributed by atoms with Gasteiger partial charge in [-0.3, -0.25) is 15.6 Å². The first-order valence-corrected chi connectivity index (χ1v) is 8.86. The van der Waals surface area contributed by atoms with Gasteiger partial charge in [0.05, 0.1) is 5.02 Å². The molecule has 0 fully saturated rings. The smallest absolute Gasteiger partial charge is 0.281 e. The molecule has 128 valence electrons. The highest BCUT2D eigenvalue weighted by atomic mass is 35.5. The fourth-order valence-corrected chi connectivity index (χ4v) is 3.74. The number of carbonyl (C=O) groups excluding carboxylic acids is 1. The molecule has 0 aliphatic rings. The Morgan fingerprint density at radius 2 is 1.96 bits per heavy atom. The Morgan fingerprint density at radius 1 is 1.20 bits per heavy atom. The second-order valence-corrected chi connectivity index (χ2v) is 7.08. The van der Waals surface area contributed by atoms with Crippen molar-refractivity contribution in [2.75, 3.05) is 5.32 Å². The van der Waals surface area contributed by atoms with E-state index in [1.165, 1.54) is 17.4 Å².